The van der Waals surface area contributed by atoms with Gasteiger partial charge in [0.15, 0.2) is 0 Å². The lowest BCUT2D eigenvalue weighted by Crippen LogP contribution is -2.12. The monoisotopic (exact) mass is 235 g/mol. The molecule has 0 fully saturated rings. The first kappa shape index (κ1) is 9.12. The first-order chi connectivity index (χ1) is 5.52. The highest BCUT2D eigenvalue weighted by Crippen LogP contribution is 2.21. The van der Waals surface area contributed by atoms with Gasteiger partial charge in [0.2, 0.25) is 5.91 Å². The Hall–Kier alpha value is -0.970. The second kappa shape index (κ2) is 3.18. The van der Waals surface area contributed by atoms with Crippen LogP contribution in [0.3, 0.4) is 0 Å². The summed E-state index contributed by atoms with van der Waals surface area (Å²) >= 11 is 2.77. The minimum absolute atomic E-state index is 0.114. The Bertz CT molecular complexity index is 340. The Labute approximate surface area is 75.5 Å². The summed E-state index contributed by atoms with van der Waals surface area (Å²) in [7, 11) is 0. The van der Waals surface area contributed by atoms with Crippen molar-refractivity contribution in [2.75, 3.05) is 0 Å². The Balaban J connectivity index is 3.37. The maximum Gasteiger partial charge on any atom is 0.250 e. The highest BCUT2D eigenvalue weighted by atomic mass is 79.9. The molecule has 0 aliphatic carbocycles. The maximum atomic E-state index is 12.7. The standard InChI is InChI=1S/C7H4BrF2NO/c8-6-4(7(11)12)1-3(9)2-5(6)10/h1-2H,(H2,11,12). The van der Waals surface area contributed by atoms with Crippen LogP contribution in [-0.2, 0) is 0 Å². The van der Waals surface area contributed by atoms with Crippen LogP contribution in [0.1, 0.15) is 10.4 Å². The molecule has 0 aliphatic heterocycles. The zero-order valence-electron chi connectivity index (χ0n) is 5.77. The van der Waals surface area contributed by atoms with Gasteiger partial charge in [-0.05, 0) is 22.0 Å². The topological polar surface area (TPSA) is 43.1 Å². The van der Waals surface area contributed by atoms with Crippen LogP contribution >= 0.6 is 15.9 Å². The van der Waals surface area contributed by atoms with E-state index in [9.17, 15) is 13.6 Å². The van der Waals surface area contributed by atoms with E-state index in [0.717, 1.165) is 6.07 Å². The SMILES string of the molecule is NC(=O)c1cc(F)cc(F)c1Br. The highest BCUT2D eigenvalue weighted by molar-refractivity contribution is 9.10. The summed E-state index contributed by atoms with van der Waals surface area (Å²) in [5, 5.41) is 0. The third-order valence-corrected chi connectivity index (χ3v) is 2.06. The van der Waals surface area contributed by atoms with E-state index in [0.29, 0.717) is 6.07 Å². The van der Waals surface area contributed by atoms with Gasteiger partial charge >= 0.3 is 0 Å². The van der Waals surface area contributed by atoms with Crippen LogP contribution in [0.2, 0.25) is 0 Å². The summed E-state index contributed by atoms with van der Waals surface area (Å²) < 4.78 is 25.1. The predicted molar refractivity (Wildman–Crippen MR) is 42.6 cm³/mol. The average Bonchev–Trinajstić information content (AvgIpc) is 1.96. The fourth-order valence-electron chi connectivity index (χ4n) is 0.735. The van der Waals surface area contributed by atoms with Crippen molar-refractivity contribution >= 4 is 21.8 Å². The summed E-state index contributed by atoms with van der Waals surface area (Å²) in [5.74, 6) is -2.55. The Morgan fingerprint density at radius 2 is 2.00 bits per heavy atom. The second-order valence-electron chi connectivity index (χ2n) is 2.11. The van der Waals surface area contributed by atoms with Crippen LogP contribution < -0.4 is 5.73 Å². The van der Waals surface area contributed by atoms with Gasteiger partial charge < -0.3 is 5.73 Å². The predicted octanol–water partition coefficient (Wildman–Crippen LogP) is 1.83. The molecule has 12 heavy (non-hydrogen) atoms. The first-order valence-corrected chi connectivity index (χ1v) is 3.76. The van der Waals surface area contributed by atoms with Crippen LogP contribution in [0.15, 0.2) is 16.6 Å². The van der Waals surface area contributed by atoms with Crippen molar-refractivity contribution in [3.8, 4) is 0 Å². The van der Waals surface area contributed by atoms with E-state index < -0.39 is 17.5 Å². The fraction of sp³-hybridized carbons (Fsp3) is 0. The zero-order valence-corrected chi connectivity index (χ0v) is 7.36. The molecule has 0 atom stereocenters. The van der Waals surface area contributed by atoms with E-state index in [1.807, 2.05) is 0 Å². The van der Waals surface area contributed by atoms with Gasteiger partial charge in [-0.3, -0.25) is 4.79 Å². The molecule has 0 saturated heterocycles. The fourth-order valence-corrected chi connectivity index (χ4v) is 1.16. The molecule has 0 aliphatic rings. The molecule has 1 amide bonds. The summed E-state index contributed by atoms with van der Waals surface area (Å²) in [6.07, 6.45) is 0. The highest BCUT2D eigenvalue weighted by Gasteiger charge is 2.12. The first-order valence-electron chi connectivity index (χ1n) is 2.96. The van der Waals surface area contributed by atoms with E-state index >= 15 is 0 Å². The van der Waals surface area contributed by atoms with Crippen LogP contribution in [0, 0.1) is 11.6 Å². The van der Waals surface area contributed by atoms with Crippen LogP contribution in [0.5, 0.6) is 0 Å². The molecule has 0 saturated carbocycles. The molecule has 1 aromatic carbocycles. The molecule has 2 N–H and O–H groups in total. The second-order valence-corrected chi connectivity index (χ2v) is 2.91. The summed E-state index contributed by atoms with van der Waals surface area (Å²) in [6.45, 7) is 0. The quantitative estimate of drug-likeness (QED) is 0.742. The van der Waals surface area contributed by atoms with E-state index in [2.05, 4.69) is 15.9 Å². The number of primary amides is 1. The van der Waals surface area contributed by atoms with E-state index in [1.165, 1.54) is 0 Å². The number of benzene rings is 1. The number of hydrogen-bond acceptors (Lipinski definition) is 1. The summed E-state index contributed by atoms with van der Waals surface area (Å²) in [5.41, 5.74) is 4.65. The number of nitrogens with two attached hydrogens (primary N) is 1. The van der Waals surface area contributed by atoms with Gasteiger partial charge in [-0.2, -0.15) is 0 Å². The molecule has 2 nitrogen and oxygen atoms in total. The van der Waals surface area contributed by atoms with Crippen molar-refractivity contribution in [3.05, 3.63) is 33.8 Å². The Morgan fingerprint density at radius 3 is 2.50 bits per heavy atom. The van der Waals surface area contributed by atoms with Gasteiger partial charge in [0.05, 0.1) is 10.0 Å². The van der Waals surface area contributed by atoms with Gasteiger partial charge in [0.25, 0.3) is 0 Å². The van der Waals surface area contributed by atoms with E-state index in [1.54, 1.807) is 0 Å². The molecule has 0 radical (unpaired) electrons. The largest absolute Gasteiger partial charge is 0.366 e. The molecule has 0 aromatic heterocycles. The number of rotatable bonds is 1. The zero-order chi connectivity index (χ0) is 9.30. The number of carbonyl (C=O) groups excluding carboxylic acids is 1. The number of carbonyl (C=O) groups is 1. The van der Waals surface area contributed by atoms with Crippen molar-refractivity contribution in [1.82, 2.24) is 0 Å². The van der Waals surface area contributed by atoms with Crippen molar-refractivity contribution in [2.24, 2.45) is 5.73 Å². The lowest BCUT2D eigenvalue weighted by atomic mass is 10.2. The van der Waals surface area contributed by atoms with Gasteiger partial charge in [-0.15, -0.1) is 0 Å². The van der Waals surface area contributed by atoms with Crippen molar-refractivity contribution in [2.45, 2.75) is 0 Å². The third kappa shape index (κ3) is 1.61. The van der Waals surface area contributed by atoms with Gasteiger partial charge in [0.1, 0.15) is 11.6 Å². The van der Waals surface area contributed by atoms with E-state index in [-0.39, 0.29) is 10.0 Å². The van der Waals surface area contributed by atoms with Crippen molar-refractivity contribution in [1.29, 1.82) is 0 Å². The smallest absolute Gasteiger partial charge is 0.250 e. The molecule has 64 valence electrons. The van der Waals surface area contributed by atoms with Gasteiger partial charge in [0, 0.05) is 6.07 Å². The van der Waals surface area contributed by atoms with Crippen LogP contribution in [-0.4, -0.2) is 5.91 Å². The minimum atomic E-state index is -0.875. The average molecular weight is 236 g/mol. The molecule has 1 rings (SSSR count). The summed E-state index contributed by atoms with van der Waals surface area (Å²) in [6, 6.07) is 1.53. The lowest BCUT2D eigenvalue weighted by molar-refractivity contribution is 0.0998. The third-order valence-electron chi connectivity index (χ3n) is 1.26. The molecule has 0 unspecified atom stereocenters. The van der Waals surface area contributed by atoms with Crippen LogP contribution in [0.4, 0.5) is 8.78 Å². The maximum absolute atomic E-state index is 12.7. The molecule has 5 heteroatoms. The van der Waals surface area contributed by atoms with Crippen molar-refractivity contribution < 1.29 is 13.6 Å². The number of amides is 1. The normalized spacial score (nSPS) is 9.92. The minimum Gasteiger partial charge on any atom is -0.366 e. The van der Waals surface area contributed by atoms with Gasteiger partial charge in [-0.1, -0.05) is 0 Å². The lowest BCUT2D eigenvalue weighted by Gasteiger charge is -2.00. The molecule has 0 heterocycles. The molecule has 1 aromatic rings. The number of hydrogen-bond donors (Lipinski definition) is 1. The number of halogens is 3. The molecular weight excluding hydrogens is 232 g/mol. The Morgan fingerprint density at radius 1 is 1.42 bits per heavy atom. The van der Waals surface area contributed by atoms with Crippen molar-refractivity contribution in [3.63, 3.8) is 0 Å². The molecular formula is C7H4BrF2NO. The molecule has 0 bridgehead atoms. The Kier molecular flexibility index (Phi) is 2.42. The summed E-state index contributed by atoms with van der Waals surface area (Å²) in [4.78, 5) is 10.6. The van der Waals surface area contributed by atoms with Gasteiger partial charge in [-0.25, -0.2) is 8.78 Å². The van der Waals surface area contributed by atoms with E-state index in [4.69, 9.17) is 5.73 Å². The van der Waals surface area contributed by atoms with Crippen LogP contribution in [0.25, 0.3) is 0 Å². The molecule has 0 spiro atoms.